The summed E-state index contributed by atoms with van der Waals surface area (Å²) in [4.78, 5) is 12.2. The van der Waals surface area contributed by atoms with Crippen LogP contribution in [-0.2, 0) is 11.2 Å². The average molecular weight is 327 g/mol. The van der Waals surface area contributed by atoms with Gasteiger partial charge in [0.1, 0.15) is 6.61 Å². The maximum Gasteiger partial charge on any atom is 0.224 e. The van der Waals surface area contributed by atoms with Gasteiger partial charge in [-0.3, -0.25) is 4.79 Å². The van der Waals surface area contributed by atoms with Gasteiger partial charge in [-0.15, -0.1) is 0 Å². The van der Waals surface area contributed by atoms with Crippen LogP contribution in [0.15, 0.2) is 42.5 Å². The maximum atomic E-state index is 12.2. The lowest BCUT2D eigenvalue weighted by molar-refractivity contribution is -0.121. The van der Waals surface area contributed by atoms with Gasteiger partial charge in [0.2, 0.25) is 5.91 Å². The van der Waals surface area contributed by atoms with E-state index < -0.39 is 0 Å². The second-order valence-electron chi connectivity index (χ2n) is 6.04. The highest BCUT2D eigenvalue weighted by Crippen LogP contribution is 2.25. The fourth-order valence-electron chi connectivity index (χ4n) is 2.54. The molecule has 2 aromatic rings. The Morgan fingerprint density at radius 2 is 1.83 bits per heavy atom. The number of benzene rings is 2. The molecule has 24 heavy (non-hydrogen) atoms. The molecule has 1 atom stereocenters. The molecule has 0 aliphatic heterocycles. The number of para-hydroxylation sites is 2. The van der Waals surface area contributed by atoms with E-state index in [0.29, 0.717) is 24.5 Å². The van der Waals surface area contributed by atoms with Crippen LogP contribution in [0.5, 0.6) is 11.5 Å². The lowest BCUT2D eigenvalue weighted by Gasteiger charge is -2.17. The zero-order valence-electron chi connectivity index (χ0n) is 14.8. The van der Waals surface area contributed by atoms with Crippen molar-refractivity contribution in [2.45, 2.75) is 33.2 Å². The van der Waals surface area contributed by atoms with Crippen LogP contribution in [0.25, 0.3) is 0 Å². The van der Waals surface area contributed by atoms with Crippen molar-refractivity contribution in [3.05, 3.63) is 59.2 Å². The molecule has 2 rings (SSSR count). The number of hydrogen-bond donors (Lipinski definition) is 1. The average Bonchev–Trinajstić information content (AvgIpc) is 2.55. The van der Waals surface area contributed by atoms with Crippen LogP contribution in [-0.4, -0.2) is 25.7 Å². The minimum atomic E-state index is -0.0897. The molecule has 0 spiro atoms. The lowest BCUT2D eigenvalue weighted by atomic mass is 10.0. The number of nitrogens with one attached hydrogen (secondary N) is 1. The monoisotopic (exact) mass is 327 g/mol. The Bertz CT molecular complexity index is 697. The van der Waals surface area contributed by atoms with Crippen LogP contribution in [0.3, 0.4) is 0 Å². The molecule has 0 bridgehead atoms. The molecule has 1 unspecified atom stereocenters. The first kappa shape index (κ1) is 17.9. The van der Waals surface area contributed by atoms with Gasteiger partial charge in [-0.25, -0.2) is 0 Å². The van der Waals surface area contributed by atoms with Crippen molar-refractivity contribution in [1.82, 2.24) is 5.32 Å². The van der Waals surface area contributed by atoms with Gasteiger partial charge in [0.15, 0.2) is 11.5 Å². The summed E-state index contributed by atoms with van der Waals surface area (Å²) in [6.45, 7) is 6.40. The quantitative estimate of drug-likeness (QED) is 0.847. The van der Waals surface area contributed by atoms with Crippen LogP contribution in [0.1, 0.15) is 23.6 Å². The van der Waals surface area contributed by atoms with Crippen LogP contribution in [0.4, 0.5) is 0 Å². The normalized spacial score (nSPS) is 11.7. The smallest absolute Gasteiger partial charge is 0.224 e. The first-order valence-corrected chi connectivity index (χ1v) is 8.11. The van der Waals surface area contributed by atoms with E-state index in [2.05, 4.69) is 11.4 Å². The number of amides is 1. The summed E-state index contributed by atoms with van der Waals surface area (Å²) in [5.41, 5.74) is 3.40. The highest BCUT2D eigenvalue weighted by atomic mass is 16.5. The van der Waals surface area contributed by atoms with Gasteiger partial charge in [-0.2, -0.15) is 0 Å². The van der Waals surface area contributed by atoms with Gasteiger partial charge in [-0.05, 0) is 44.0 Å². The molecule has 0 saturated heterocycles. The molecule has 0 aromatic heterocycles. The maximum absolute atomic E-state index is 12.2. The van der Waals surface area contributed by atoms with Crippen molar-refractivity contribution in [2.24, 2.45) is 0 Å². The summed E-state index contributed by atoms with van der Waals surface area (Å²) in [5, 5.41) is 2.97. The number of ether oxygens (including phenoxy) is 2. The van der Waals surface area contributed by atoms with Gasteiger partial charge in [0.05, 0.1) is 19.6 Å². The first-order valence-electron chi connectivity index (χ1n) is 8.11. The number of methoxy groups -OCH3 is 1. The molecule has 128 valence electrons. The Morgan fingerprint density at radius 1 is 1.12 bits per heavy atom. The van der Waals surface area contributed by atoms with Crippen molar-refractivity contribution in [3.8, 4) is 11.5 Å². The zero-order chi connectivity index (χ0) is 17.5. The summed E-state index contributed by atoms with van der Waals surface area (Å²) < 4.78 is 11.0. The number of hydrogen-bond acceptors (Lipinski definition) is 3. The van der Waals surface area contributed by atoms with Crippen molar-refractivity contribution < 1.29 is 14.3 Å². The van der Waals surface area contributed by atoms with E-state index in [1.54, 1.807) is 7.11 Å². The fourth-order valence-corrected chi connectivity index (χ4v) is 2.54. The lowest BCUT2D eigenvalue weighted by Crippen LogP contribution is -2.37. The second-order valence-corrected chi connectivity index (χ2v) is 6.04. The minimum Gasteiger partial charge on any atom is -0.493 e. The largest absolute Gasteiger partial charge is 0.493 e. The van der Waals surface area contributed by atoms with Crippen LogP contribution in [0, 0.1) is 13.8 Å². The zero-order valence-corrected chi connectivity index (χ0v) is 14.8. The first-order chi connectivity index (χ1) is 11.5. The van der Waals surface area contributed by atoms with E-state index in [1.165, 1.54) is 5.56 Å². The summed E-state index contributed by atoms with van der Waals surface area (Å²) in [5.74, 6) is 1.36. The van der Waals surface area contributed by atoms with Crippen LogP contribution >= 0.6 is 0 Å². The third kappa shape index (κ3) is 5.01. The Kier molecular flexibility index (Phi) is 6.24. The molecule has 0 radical (unpaired) electrons. The third-order valence-corrected chi connectivity index (χ3v) is 3.81. The van der Waals surface area contributed by atoms with E-state index in [0.717, 1.165) is 11.1 Å². The fraction of sp³-hybridized carbons (Fsp3) is 0.350. The van der Waals surface area contributed by atoms with E-state index in [-0.39, 0.29) is 11.9 Å². The predicted octanol–water partition coefficient (Wildman–Crippen LogP) is 3.44. The topological polar surface area (TPSA) is 47.6 Å². The molecule has 1 amide bonds. The summed E-state index contributed by atoms with van der Waals surface area (Å²) >= 11 is 0. The molecule has 0 aliphatic rings. The third-order valence-electron chi connectivity index (χ3n) is 3.81. The molecule has 0 heterocycles. The highest BCUT2D eigenvalue weighted by Gasteiger charge is 2.11. The summed E-state index contributed by atoms with van der Waals surface area (Å²) in [7, 11) is 1.61. The van der Waals surface area contributed by atoms with E-state index in [9.17, 15) is 4.79 Å². The molecule has 0 aliphatic carbocycles. The van der Waals surface area contributed by atoms with Gasteiger partial charge in [-0.1, -0.05) is 35.9 Å². The Hall–Kier alpha value is -2.49. The highest BCUT2D eigenvalue weighted by molar-refractivity contribution is 5.79. The molecule has 2 aromatic carbocycles. The number of rotatable bonds is 7. The van der Waals surface area contributed by atoms with E-state index in [4.69, 9.17) is 9.47 Å². The van der Waals surface area contributed by atoms with Gasteiger partial charge in [0.25, 0.3) is 0 Å². The number of carbonyl (C=O) groups excluding carboxylic acids is 1. The molecular formula is C20H25NO3. The van der Waals surface area contributed by atoms with Crippen molar-refractivity contribution in [3.63, 3.8) is 0 Å². The van der Waals surface area contributed by atoms with Gasteiger partial charge < -0.3 is 14.8 Å². The van der Waals surface area contributed by atoms with Crippen molar-refractivity contribution in [2.75, 3.05) is 13.7 Å². The Morgan fingerprint density at radius 3 is 2.50 bits per heavy atom. The molecular weight excluding hydrogens is 302 g/mol. The van der Waals surface area contributed by atoms with E-state index >= 15 is 0 Å². The molecule has 4 heteroatoms. The predicted molar refractivity (Wildman–Crippen MR) is 95.7 cm³/mol. The number of aryl methyl sites for hydroxylation is 2. The Balaban J connectivity index is 1.85. The van der Waals surface area contributed by atoms with E-state index in [1.807, 2.05) is 57.2 Å². The molecule has 0 saturated carbocycles. The summed E-state index contributed by atoms with van der Waals surface area (Å²) in [6.07, 6.45) is 0.380. The SMILES string of the molecule is COc1ccccc1OCC(C)NC(=O)Cc1ccc(C)cc1C. The van der Waals surface area contributed by atoms with Gasteiger partial charge in [0, 0.05) is 0 Å². The second kappa shape index (κ2) is 8.39. The summed E-state index contributed by atoms with van der Waals surface area (Å²) in [6, 6.07) is 13.5. The van der Waals surface area contributed by atoms with Gasteiger partial charge >= 0.3 is 0 Å². The Labute approximate surface area is 143 Å². The molecule has 0 fully saturated rings. The molecule has 1 N–H and O–H groups in total. The standard InChI is InChI=1S/C20H25NO3/c1-14-9-10-17(15(2)11-14)12-20(22)21-16(3)13-24-19-8-6-5-7-18(19)23-4/h5-11,16H,12-13H2,1-4H3,(H,21,22). The minimum absolute atomic E-state index is 0.00178. The van der Waals surface area contributed by atoms with Crippen molar-refractivity contribution in [1.29, 1.82) is 0 Å². The van der Waals surface area contributed by atoms with Crippen LogP contribution in [0.2, 0.25) is 0 Å². The van der Waals surface area contributed by atoms with Crippen LogP contribution < -0.4 is 14.8 Å². The molecule has 4 nitrogen and oxygen atoms in total. The van der Waals surface area contributed by atoms with Crippen molar-refractivity contribution >= 4 is 5.91 Å². The number of carbonyl (C=O) groups is 1.